The second-order valence-electron chi connectivity index (χ2n) is 6.91. The molecule has 0 heterocycles. The van der Waals surface area contributed by atoms with Gasteiger partial charge < -0.3 is 4.74 Å². The molecule has 110 valence electrons. The van der Waals surface area contributed by atoms with Crippen LogP contribution < -0.4 is 0 Å². The summed E-state index contributed by atoms with van der Waals surface area (Å²) in [5, 5.41) is 0. The van der Waals surface area contributed by atoms with Gasteiger partial charge in [0.05, 0.1) is 12.9 Å². The molecule has 2 fully saturated rings. The summed E-state index contributed by atoms with van der Waals surface area (Å²) in [7, 11) is 0. The molecule has 0 aromatic rings. The van der Waals surface area contributed by atoms with Crippen molar-refractivity contribution in [1.82, 2.24) is 0 Å². The van der Waals surface area contributed by atoms with Gasteiger partial charge in [0.25, 0.3) is 0 Å². The maximum atomic E-state index is 5.63. The maximum absolute atomic E-state index is 5.63. The highest BCUT2D eigenvalue weighted by atomic mass is 16.5. The fraction of sp³-hybridized carbons (Fsp3) is 0.889. The van der Waals surface area contributed by atoms with Crippen molar-refractivity contribution in [2.45, 2.75) is 71.6 Å². The van der Waals surface area contributed by atoms with Gasteiger partial charge in [-0.2, -0.15) is 0 Å². The van der Waals surface area contributed by atoms with E-state index in [2.05, 4.69) is 19.9 Å². The summed E-state index contributed by atoms with van der Waals surface area (Å²) in [6.45, 7) is 5.52. The summed E-state index contributed by atoms with van der Waals surface area (Å²) in [6.07, 6.45) is 16.8. The second-order valence-corrected chi connectivity index (χ2v) is 6.91. The van der Waals surface area contributed by atoms with Crippen molar-refractivity contribution in [1.29, 1.82) is 0 Å². The molecule has 0 aromatic carbocycles. The van der Waals surface area contributed by atoms with Crippen LogP contribution >= 0.6 is 0 Å². The Balaban J connectivity index is 1.63. The van der Waals surface area contributed by atoms with E-state index in [1.165, 1.54) is 51.4 Å². The molecule has 0 aromatic heterocycles. The van der Waals surface area contributed by atoms with Crippen LogP contribution in [0.15, 0.2) is 12.3 Å². The Morgan fingerprint density at radius 2 is 1.47 bits per heavy atom. The molecule has 0 amide bonds. The number of allylic oxidation sites excluding steroid dienone is 1. The Kier molecular flexibility index (Phi) is 6.26. The van der Waals surface area contributed by atoms with E-state index in [-0.39, 0.29) is 0 Å². The maximum Gasteiger partial charge on any atom is 0.0901 e. The fourth-order valence-corrected chi connectivity index (χ4v) is 3.94. The Labute approximate surface area is 119 Å². The van der Waals surface area contributed by atoms with Crippen molar-refractivity contribution < 1.29 is 4.74 Å². The zero-order valence-corrected chi connectivity index (χ0v) is 12.9. The lowest BCUT2D eigenvalue weighted by Gasteiger charge is -2.37. The van der Waals surface area contributed by atoms with Gasteiger partial charge in [-0.3, -0.25) is 0 Å². The standard InChI is InChI=1S/C18H32O/c1-3-4-13-19-14-16-7-11-18(12-8-16)17-9-5-15(2)6-10-17/h4,13,15-18H,3,5-12,14H2,1-2H3/b13-4-/t15-,16?,17-,18?. The van der Waals surface area contributed by atoms with Gasteiger partial charge in [-0.1, -0.05) is 32.8 Å². The minimum absolute atomic E-state index is 0.820. The lowest BCUT2D eigenvalue weighted by molar-refractivity contribution is 0.111. The van der Waals surface area contributed by atoms with Gasteiger partial charge in [-0.05, 0) is 68.6 Å². The molecule has 0 N–H and O–H groups in total. The molecule has 0 aliphatic heterocycles. The molecule has 1 heteroatoms. The molecule has 2 saturated carbocycles. The highest BCUT2D eigenvalue weighted by Gasteiger charge is 2.29. The molecule has 1 nitrogen and oxygen atoms in total. The quantitative estimate of drug-likeness (QED) is 0.591. The molecule has 0 atom stereocenters. The Morgan fingerprint density at radius 1 is 0.895 bits per heavy atom. The van der Waals surface area contributed by atoms with E-state index in [0.29, 0.717) is 0 Å². The third kappa shape index (κ3) is 4.85. The van der Waals surface area contributed by atoms with Crippen molar-refractivity contribution in [2.24, 2.45) is 23.7 Å². The van der Waals surface area contributed by atoms with E-state index in [4.69, 9.17) is 4.74 Å². The van der Waals surface area contributed by atoms with E-state index in [1.54, 1.807) is 0 Å². The normalized spacial score (nSPS) is 36.5. The summed E-state index contributed by atoms with van der Waals surface area (Å²) < 4.78 is 5.63. The van der Waals surface area contributed by atoms with Crippen LogP contribution in [0.25, 0.3) is 0 Å². The molecule has 0 spiro atoms. The van der Waals surface area contributed by atoms with E-state index in [0.717, 1.165) is 36.7 Å². The Bertz CT molecular complexity index is 255. The highest BCUT2D eigenvalue weighted by Crippen LogP contribution is 2.41. The van der Waals surface area contributed by atoms with Crippen LogP contribution in [0.5, 0.6) is 0 Å². The Hall–Kier alpha value is -0.460. The first-order valence-corrected chi connectivity index (χ1v) is 8.56. The fourth-order valence-electron chi connectivity index (χ4n) is 3.94. The number of hydrogen-bond acceptors (Lipinski definition) is 1. The van der Waals surface area contributed by atoms with Crippen molar-refractivity contribution in [3.63, 3.8) is 0 Å². The first kappa shape index (κ1) is 14.9. The van der Waals surface area contributed by atoms with E-state index < -0.39 is 0 Å². The van der Waals surface area contributed by atoms with Crippen molar-refractivity contribution in [3.05, 3.63) is 12.3 Å². The highest BCUT2D eigenvalue weighted by molar-refractivity contribution is 4.81. The van der Waals surface area contributed by atoms with Gasteiger partial charge in [0.1, 0.15) is 0 Å². The third-order valence-corrected chi connectivity index (χ3v) is 5.38. The average molecular weight is 264 g/mol. The summed E-state index contributed by atoms with van der Waals surface area (Å²) in [6, 6.07) is 0. The van der Waals surface area contributed by atoms with Crippen LogP contribution in [0.3, 0.4) is 0 Å². The average Bonchev–Trinajstić information content (AvgIpc) is 2.45. The summed E-state index contributed by atoms with van der Waals surface area (Å²) in [5.74, 6) is 3.90. The lowest BCUT2D eigenvalue weighted by Crippen LogP contribution is -2.26. The molecule has 0 unspecified atom stereocenters. The van der Waals surface area contributed by atoms with Crippen molar-refractivity contribution in [2.75, 3.05) is 6.61 Å². The van der Waals surface area contributed by atoms with E-state index >= 15 is 0 Å². The minimum atomic E-state index is 0.820. The minimum Gasteiger partial charge on any atom is -0.501 e. The van der Waals surface area contributed by atoms with Crippen LogP contribution in [0.4, 0.5) is 0 Å². The van der Waals surface area contributed by atoms with Gasteiger partial charge >= 0.3 is 0 Å². The lowest BCUT2D eigenvalue weighted by atomic mass is 9.69. The SMILES string of the molecule is CC/C=C\OCC1CCC([C@H]2CC[C@H](C)CC2)CC1. The van der Waals surface area contributed by atoms with Gasteiger partial charge in [0, 0.05) is 0 Å². The van der Waals surface area contributed by atoms with Crippen molar-refractivity contribution >= 4 is 0 Å². The first-order chi connectivity index (χ1) is 9.29. The predicted molar refractivity (Wildman–Crippen MR) is 82.0 cm³/mol. The zero-order valence-electron chi connectivity index (χ0n) is 12.9. The van der Waals surface area contributed by atoms with Crippen molar-refractivity contribution in [3.8, 4) is 0 Å². The van der Waals surface area contributed by atoms with E-state index in [1.807, 2.05) is 6.26 Å². The number of hydrogen-bond donors (Lipinski definition) is 0. The third-order valence-electron chi connectivity index (χ3n) is 5.38. The number of ether oxygens (including phenoxy) is 1. The molecule has 0 bridgehead atoms. The molecule has 2 aliphatic rings. The predicted octanol–water partition coefficient (Wildman–Crippen LogP) is 5.56. The monoisotopic (exact) mass is 264 g/mol. The zero-order chi connectivity index (χ0) is 13.5. The second kappa shape index (κ2) is 7.97. The summed E-state index contributed by atoms with van der Waals surface area (Å²) >= 11 is 0. The molecular formula is C18H32O. The smallest absolute Gasteiger partial charge is 0.0901 e. The Morgan fingerprint density at radius 3 is 2.05 bits per heavy atom. The molecule has 0 saturated heterocycles. The molecule has 19 heavy (non-hydrogen) atoms. The topological polar surface area (TPSA) is 9.23 Å². The van der Waals surface area contributed by atoms with Crippen LogP contribution in [0.1, 0.15) is 71.6 Å². The largest absolute Gasteiger partial charge is 0.501 e. The summed E-state index contributed by atoms with van der Waals surface area (Å²) in [4.78, 5) is 0. The van der Waals surface area contributed by atoms with E-state index in [9.17, 15) is 0 Å². The van der Waals surface area contributed by atoms with Crippen LogP contribution in [-0.4, -0.2) is 6.61 Å². The van der Waals surface area contributed by atoms with Gasteiger partial charge in [-0.15, -0.1) is 0 Å². The van der Waals surface area contributed by atoms with Crippen LogP contribution in [0.2, 0.25) is 0 Å². The van der Waals surface area contributed by atoms with Gasteiger partial charge in [-0.25, -0.2) is 0 Å². The van der Waals surface area contributed by atoms with Crippen LogP contribution in [0, 0.1) is 23.7 Å². The van der Waals surface area contributed by atoms with Gasteiger partial charge in [0.2, 0.25) is 0 Å². The molecule has 0 radical (unpaired) electrons. The summed E-state index contributed by atoms with van der Waals surface area (Å²) in [5.41, 5.74) is 0. The molecule has 2 aliphatic carbocycles. The van der Waals surface area contributed by atoms with Crippen LogP contribution in [-0.2, 0) is 4.74 Å². The molecule has 2 rings (SSSR count). The first-order valence-electron chi connectivity index (χ1n) is 8.56. The van der Waals surface area contributed by atoms with Gasteiger partial charge in [0.15, 0.2) is 0 Å². The number of rotatable bonds is 5. The molecular weight excluding hydrogens is 232 g/mol.